The molecular formula is C14H15NO2. The number of aryl methyl sites for hydroxylation is 1. The number of fused-ring (bicyclic) bond motifs is 1. The van der Waals surface area contributed by atoms with Crippen LogP contribution in [0, 0.1) is 6.92 Å². The molecule has 0 N–H and O–H groups in total. The Hall–Kier alpha value is -1.61. The van der Waals surface area contributed by atoms with Crippen LogP contribution in [0.5, 0.6) is 5.75 Å². The first-order valence-corrected chi connectivity index (χ1v) is 5.79. The lowest BCUT2D eigenvalue weighted by atomic mass is 10.2. The lowest BCUT2D eigenvalue weighted by molar-refractivity contribution is 0.201. The quantitative estimate of drug-likeness (QED) is 0.759. The van der Waals surface area contributed by atoms with Gasteiger partial charge in [-0.25, -0.2) is 4.98 Å². The molecule has 1 fully saturated rings. The monoisotopic (exact) mass is 229 g/mol. The fourth-order valence-electron chi connectivity index (χ4n) is 1.78. The van der Waals surface area contributed by atoms with E-state index in [0.717, 1.165) is 29.0 Å². The van der Waals surface area contributed by atoms with Crippen LogP contribution in [0.25, 0.3) is 10.9 Å². The number of epoxide rings is 1. The molecule has 1 aromatic heterocycles. The van der Waals surface area contributed by atoms with Crippen molar-refractivity contribution < 1.29 is 9.47 Å². The number of hydrogen-bond donors (Lipinski definition) is 0. The molecule has 0 radical (unpaired) electrons. The molecule has 1 atom stereocenters. The third kappa shape index (κ3) is 2.11. The maximum Gasteiger partial charge on any atom is 0.141 e. The highest BCUT2D eigenvalue weighted by Crippen LogP contribution is 2.28. The Bertz CT molecular complexity index is 561. The van der Waals surface area contributed by atoms with Crippen LogP contribution in [0.4, 0.5) is 0 Å². The van der Waals surface area contributed by atoms with Gasteiger partial charge in [-0.2, -0.15) is 0 Å². The molecule has 0 amide bonds. The zero-order valence-electron chi connectivity index (χ0n) is 10.1. The number of nitrogens with zero attached hydrogens (tertiary/aromatic N) is 1. The molecule has 0 bridgehead atoms. The van der Waals surface area contributed by atoms with E-state index in [1.54, 1.807) is 0 Å². The van der Waals surface area contributed by atoms with Gasteiger partial charge in [0.05, 0.1) is 17.8 Å². The van der Waals surface area contributed by atoms with Gasteiger partial charge in [-0.3, -0.25) is 0 Å². The molecule has 88 valence electrons. The van der Waals surface area contributed by atoms with Crippen molar-refractivity contribution in [1.82, 2.24) is 4.98 Å². The molecule has 3 nitrogen and oxygen atoms in total. The molecule has 2 aromatic rings. The van der Waals surface area contributed by atoms with Gasteiger partial charge in [0.2, 0.25) is 0 Å². The van der Waals surface area contributed by atoms with E-state index >= 15 is 0 Å². The van der Waals surface area contributed by atoms with Gasteiger partial charge in [-0.15, -0.1) is 0 Å². The zero-order valence-corrected chi connectivity index (χ0v) is 10.1. The number of para-hydroxylation sites is 1. The van der Waals surface area contributed by atoms with Gasteiger partial charge in [-0.1, -0.05) is 18.2 Å². The fraction of sp³-hybridized carbons (Fsp3) is 0.357. The molecule has 1 saturated heterocycles. The Morgan fingerprint density at radius 2 is 2.18 bits per heavy atom. The number of benzene rings is 1. The number of pyridine rings is 1. The summed E-state index contributed by atoms with van der Waals surface area (Å²) in [5, 5.41) is 1.11. The molecule has 2 heterocycles. The van der Waals surface area contributed by atoms with Gasteiger partial charge in [0, 0.05) is 5.39 Å². The summed E-state index contributed by atoms with van der Waals surface area (Å²) >= 11 is 0. The molecule has 3 rings (SSSR count). The van der Waals surface area contributed by atoms with Crippen molar-refractivity contribution >= 4 is 10.9 Å². The summed E-state index contributed by atoms with van der Waals surface area (Å²) in [4.78, 5) is 4.53. The molecule has 17 heavy (non-hydrogen) atoms. The van der Waals surface area contributed by atoms with Crippen molar-refractivity contribution in [3.8, 4) is 5.75 Å². The van der Waals surface area contributed by atoms with Crippen LogP contribution >= 0.6 is 0 Å². The van der Waals surface area contributed by atoms with E-state index in [0.29, 0.717) is 6.61 Å². The molecule has 1 aliphatic heterocycles. The van der Waals surface area contributed by atoms with Crippen LogP contribution in [0.1, 0.15) is 12.6 Å². The molecule has 1 unspecified atom stereocenters. The van der Waals surface area contributed by atoms with Crippen molar-refractivity contribution in [2.45, 2.75) is 19.4 Å². The first-order chi connectivity index (χ1) is 8.16. The van der Waals surface area contributed by atoms with Crippen molar-refractivity contribution in [3.05, 3.63) is 36.0 Å². The van der Waals surface area contributed by atoms with Gasteiger partial charge in [0.1, 0.15) is 18.0 Å². The predicted octanol–water partition coefficient (Wildman–Crippen LogP) is 2.71. The topological polar surface area (TPSA) is 34.6 Å². The fourth-order valence-corrected chi connectivity index (χ4v) is 1.78. The normalized spacial score (nSPS) is 22.7. The van der Waals surface area contributed by atoms with Crippen molar-refractivity contribution in [2.75, 3.05) is 13.2 Å². The molecular weight excluding hydrogens is 214 g/mol. The summed E-state index contributed by atoms with van der Waals surface area (Å²) in [6.45, 7) is 5.40. The van der Waals surface area contributed by atoms with Crippen LogP contribution in [0.15, 0.2) is 30.3 Å². The average Bonchev–Trinajstić information content (AvgIpc) is 3.05. The average molecular weight is 229 g/mol. The zero-order chi connectivity index (χ0) is 11.9. The van der Waals surface area contributed by atoms with E-state index in [4.69, 9.17) is 9.47 Å². The number of aromatic nitrogens is 1. The molecule has 0 spiro atoms. The van der Waals surface area contributed by atoms with Crippen LogP contribution in [0.2, 0.25) is 0 Å². The van der Waals surface area contributed by atoms with Crippen molar-refractivity contribution in [2.24, 2.45) is 0 Å². The summed E-state index contributed by atoms with van der Waals surface area (Å²) in [7, 11) is 0. The number of rotatable bonds is 3. The highest BCUT2D eigenvalue weighted by molar-refractivity contribution is 5.80. The minimum absolute atomic E-state index is 0.0852. The van der Waals surface area contributed by atoms with Gasteiger partial charge in [0.25, 0.3) is 0 Å². The summed E-state index contributed by atoms with van der Waals surface area (Å²) < 4.78 is 11.1. The highest BCUT2D eigenvalue weighted by atomic mass is 16.6. The number of hydrogen-bond acceptors (Lipinski definition) is 3. The van der Waals surface area contributed by atoms with E-state index in [1.165, 1.54) is 0 Å². The molecule has 3 heteroatoms. The van der Waals surface area contributed by atoms with Gasteiger partial charge < -0.3 is 9.47 Å². The van der Waals surface area contributed by atoms with E-state index < -0.39 is 0 Å². The Morgan fingerprint density at radius 1 is 1.41 bits per heavy atom. The smallest absolute Gasteiger partial charge is 0.141 e. The van der Waals surface area contributed by atoms with Crippen LogP contribution < -0.4 is 4.74 Å². The second-order valence-corrected chi connectivity index (χ2v) is 4.79. The van der Waals surface area contributed by atoms with Gasteiger partial charge in [0.15, 0.2) is 0 Å². The molecule has 0 aliphatic carbocycles. The largest absolute Gasteiger partial charge is 0.489 e. The van der Waals surface area contributed by atoms with Crippen LogP contribution in [0.3, 0.4) is 0 Å². The maximum absolute atomic E-state index is 5.78. The van der Waals surface area contributed by atoms with Gasteiger partial charge >= 0.3 is 0 Å². The van der Waals surface area contributed by atoms with Crippen molar-refractivity contribution in [3.63, 3.8) is 0 Å². The minimum atomic E-state index is -0.0852. The van der Waals surface area contributed by atoms with E-state index in [1.807, 2.05) is 37.3 Å². The minimum Gasteiger partial charge on any atom is -0.489 e. The summed E-state index contributed by atoms with van der Waals surface area (Å²) in [6.07, 6.45) is 0. The van der Waals surface area contributed by atoms with Crippen LogP contribution in [-0.4, -0.2) is 23.8 Å². The van der Waals surface area contributed by atoms with Crippen LogP contribution in [-0.2, 0) is 4.74 Å². The maximum atomic E-state index is 5.78. The summed E-state index contributed by atoms with van der Waals surface area (Å²) in [6, 6.07) is 10.1. The third-order valence-electron chi connectivity index (χ3n) is 3.04. The Kier molecular flexibility index (Phi) is 2.30. The van der Waals surface area contributed by atoms with Crippen molar-refractivity contribution in [1.29, 1.82) is 0 Å². The first-order valence-electron chi connectivity index (χ1n) is 5.79. The molecule has 1 aliphatic rings. The SMILES string of the molecule is Cc1nc2ccccc2cc1OCC1(C)CO1. The summed E-state index contributed by atoms with van der Waals surface area (Å²) in [5.41, 5.74) is 1.84. The number of ether oxygens (including phenoxy) is 2. The Morgan fingerprint density at radius 3 is 2.94 bits per heavy atom. The molecule has 1 aromatic carbocycles. The van der Waals surface area contributed by atoms with E-state index in [2.05, 4.69) is 11.9 Å². The second kappa shape index (κ2) is 3.70. The Balaban J connectivity index is 1.90. The van der Waals surface area contributed by atoms with Gasteiger partial charge in [-0.05, 0) is 26.0 Å². The second-order valence-electron chi connectivity index (χ2n) is 4.79. The Labute approximate surface area is 100 Å². The predicted molar refractivity (Wildman–Crippen MR) is 66.3 cm³/mol. The first kappa shape index (κ1) is 10.5. The summed E-state index contributed by atoms with van der Waals surface area (Å²) in [5.74, 6) is 0.848. The molecule has 0 saturated carbocycles. The third-order valence-corrected chi connectivity index (χ3v) is 3.04. The lowest BCUT2D eigenvalue weighted by Gasteiger charge is -2.11. The standard InChI is InChI=1S/C14H15NO2/c1-10-13(16-8-14(2)9-17-14)7-11-5-3-4-6-12(11)15-10/h3-7H,8-9H2,1-2H3. The highest BCUT2D eigenvalue weighted by Gasteiger charge is 2.40. The lowest BCUT2D eigenvalue weighted by Crippen LogP contribution is -2.17. The van der Waals surface area contributed by atoms with E-state index in [9.17, 15) is 0 Å². The van der Waals surface area contributed by atoms with E-state index in [-0.39, 0.29) is 5.60 Å².